The summed E-state index contributed by atoms with van der Waals surface area (Å²) in [5.74, 6) is 0.757. The zero-order chi connectivity index (χ0) is 18.4. The van der Waals surface area contributed by atoms with Gasteiger partial charge in [-0.15, -0.1) is 0 Å². The topological polar surface area (TPSA) is 53.0 Å². The standard InChI is InChI=1S/C22H30N2O3/c25-20(23-11-3-1-4-12-23)17-8-9-19-18(14-17)22(10-2-5-13-27-22)21(26)24(19)15-16-6-7-16/h8-9,14,16,20,25H,1-7,10-13,15H2. The highest BCUT2D eigenvalue weighted by Crippen LogP contribution is 2.49. The number of aliphatic hydroxyl groups is 1. The number of piperidine rings is 1. The monoisotopic (exact) mass is 370 g/mol. The van der Waals surface area contributed by atoms with Gasteiger partial charge in [0.1, 0.15) is 6.23 Å². The van der Waals surface area contributed by atoms with Crippen LogP contribution in [0.2, 0.25) is 0 Å². The van der Waals surface area contributed by atoms with Crippen LogP contribution in [0.4, 0.5) is 5.69 Å². The van der Waals surface area contributed by atoms with E-state index in [1.54, 1.807) is 0 Å². The van der Waals surface area contributed by atoms with Crippen LogP contribution in [-0.4, -0.2) is 42.2 Å². The van der Waals surface area contributed by atoms with Crippen LogP contribution in [0.5, 0.6) is 0 Å². The zero-order valence-electron chi connectivity index (χ0n) is 16.0. The van der Waals surface area contributed by atoms with E-state index in [2.05, 4.69) is 11.0 Å². The van der Waals surface area contributed by atoms with Crippen molar-refractivity contribution in [3.8, 4) is 0 Å². The molecule has 5 rings (SSSR count). The van der Waals surface area contributed by atoms with Crippen LogP contribution in [-0.2, 0) is 15.1 Å². The van der Waals surface area contributed by atoms with Gasteiger partial charge in [-0.2, -0.15) is 0 Å². The molecule has 3 aliphatic heterocycles. The Morgan fingerprint density at radius 1 is 1.15 bits per heavy atom. The van der Waals surface area contributed by atoms with E-state index in [-0.39, 0.29) is 5.91 Å². The van der Waals surface area contributed by atoms with E-state index in [0.29, 0.717) is 12.5 Å². The van der Waals surface area contributed by atoms with Gasteiger partial charge in [0.2, 0.25) is 0 Å². The summed E-state index contributed by atoms with van der Waals surface area (Å²) in [6, 6.07) is 6.11. The van der Waals surface area contributed by atoms with Crippen LogP contribution >= 0.6 is 0 Å². The smallest absolute Gasteiger partial charge is 0.263 e. The molecule has 0 radical (unpaired) electrons. The number of benzene rings is 1. The third-order valence-electron chi connectivity index (χ3n) is 6.78. The first-order valence-corrected chi connectivity index (χ1v) is 10.7. The molecule has 146 valence electrons. The maximum atomic E-state index is 13.4. The lowest BCUT2D eigenvalue weighted by Gasteiger charge is -2.34. The Morgan fingerprint density at radius 2 is 1.96 bits per heavy atom. The van der Waals surface area contributed by atoms with Gasteiger partial charge in [0.05, 0.1) is 5.69 Å². The number of hydrogen-bond donors (Lipinski definition) is 1. The van der Waals surface area contributed by atoms with Crippen LogP contribution in [0.1, 0.15) is 68.7 Å². The average molecular weight is 370 g/mol. The van der Waals surface area contributed by atoms with E-state index < -0.39 is 11.8 Å². The molecule has 1 amide bonds. The van der Waals surface area contributed by atoms with Gasteiger partial charge >= 0.3 is 0 Å². The number of amides is 1. The van der Waals surface area contributed by atoms with Crippen molar-refractivity contribution in [2.24, 2.45) is 5.92 Å². The van der Waals surface area contributed by atoms with E-state index in [1.807, 2.05) is 17.0 Å². The summed E-state index contributed by atoms with van der Waals surface area (Å²) >= 11 is 0. The summed E-state index contributed by atoms with van der Waals surface area (Å²) in [6.07, 6.45) is 8.16. The van der Waals surface area contributed by atoms with Gasteiger partial charge in [-0.1, -0.05) is 12.5 Å². The molecule has 1 aromatic carbocycles. The molecule has 1 aromatic rings. The number of likely N-dealkylation sites (tertiary alicyclic amines) is 1. The fraction of sp³-hybridized carbons (Fsp3) is 0.682. The summed E-state index contributed by atoms with van der Waals surface area (Å²) in [5, 5.41) is 10.9. The first-order chi connectivity index (χ1) is 13.2. The summed E-state index contributed by atoms with van der Waals surface area (Å²) in [6.45, 7) is 3.32. The maximum Gasteiger partial charge on any atom is 0.263 e. The minimum Gasteiger partial charge on any atom is -0.374 e. The van der Waals surface area contributed by atoms with Crippen molar-refractivity contribution in [2.45, 2.75) is 63.2 Å². The minimum atomic E-state index is -0.819. The molecule has 27 heavy (non-hydrogen) atoms. The first kappa shape index (κ1) is 17.7. The van der Waals surface area contributed by atoms with Gasteiger partial charge in [-0.05, 0) is 68.6 Å². The molecular formula is C22H30N2O3. The second-order valence-corrected chi connectivity index (χ2v) is 8.74. The fourth-order valence-electron chi connectivity index (χ4n) is 5.01. The number of carbonyl (C=O) groups is 1. The lowest BCUT2D eigenvalue weighted by molar-refractivity contribution is -0.150. The predicted molar refractivity (Wildman–Crippen MR) is 103 cm³/mol. The molecule has 2 unspecified atom stereocenters. The van der Waals surface area contributed by atoms with Crippen molar-refractivity contribution in [3.63, 3.8) is 0 Å². The molecule has 2 atom stereocenters. The molecule has 3 fully saturated rings. The van der Waals surface area contributed by atoms with Crippen LogP contribution < -0.4 is 4.90 Å². The third-order valence-corrected chi connectivity index (χ3v) is 6.78. The molecule has 1 spiro atoms. The molecule has 1 N–H and O–H groups in total. The number of fused-ring (bicyclic) bond motifs is 2. The Balaban J connectivity index is 1.51. The zero-order valence-corrected chi connectivity index (χ0v) is 16.0. The van der Waals surface area contributed by atoms with E-state index in [0.717, 1.165) is 68.6 Å². The van der Waals surface area contributed by atoms with Gasteiger partial charge in [-0.3, -0.25) is 9.69 Å². The molecule has 3 heterocycles. The van der Waals surface area contributed by atoms with Crippen molar-refractivity contribution in [3.05, 3.63) is 29.3 Å². The van der Waals surface area contributed by atoms with Crippen molar-refractivity contribution < 1.29 is 14.6 Å². The van der Waals surface area contributed by atoms with E-state index in [1.165, 1.54) is 19.3 Å². The number of aliphatic hydroxyl groups excluding tert-OH is 1. The number of hydrogen-bond acceptors (Lipinski definition) is 4. The van der Waals surface area contributed by atoms with Crippen LogP contribution in [0.3, 0.4) is 0 Å². The molecule has 2 saturated heterocycles. The quantitative estimate of drug-likeness (QED) is 0.883. The molecule has 1 aliphatic carbocycles. The molecular weight excluding hydrogens is 340 g/mol. The lowest BCUT2D eigenvalue weighted by atomic mass is 9.86. The minimum absolute atomic E-state index is 0.119. The van der Waals surface area contributed by atoms with E-state index in [9.17, 15) is 9.90 Å². The molecule has 4 aliphatic rings. The van der Waals surface area contributed by atoms with Crippen LogP contribution in [0.25, 0.3) is 0 Å². The normalized spacial score (nSPS) is 30.0. The van der Waals surface area contributed by atoms with Crippen LogP contribution in [0, 0.1) is 5.92 Å². The molecule has 1 saturated carbocycles. The second kappa shape index (κ2) is 6.87. The number of rotatable bonds is 4. The lowest BCUT2D eigenvalue weighted by Crippen LogP contribution is -2.45. The average Bonchev–Trinajstić information content (AvgIpc) is 3.53. The molecule has 5 nitrogen and oxygen atoms in total. The maximum absolute atomic E-state index is 13.4. The summed E-state index contributed by atoms with van der Waals surface area (Å²) in [5.41, 5.74) is 2.06. The Kier molecular flexibility index (Phi) is 4.49. The number of anilines is 1. The Hall–Kier alpha value is -1.43. The Labute approximate surface area is 161 Å². The fourth-order valence-corrected chi connectivity index (χ4v) is 5.01. The van der Waals surface area contributed by atoms with Crippen molar-refractivity contribution in [1.29, 1.82) is 0 Å². The Morgan fingerprint density at radius 3 is 2.67 bits per heavy atom. The van der Waals surface area contributed by atoms with Crippen molar-refractivity contribution in [1.82, 2.24) is 4.90 Å². The number of nitrogens with zero attached hydrogens (tertiary/aromatic N) is 2. The van der Waals surface area contributed by atoms with Crippen molar-refractivity contribution in [2.75, 3.05) is 31.1 Å². The van der Waals surface area contributed by atoms with Gasteiger partial charge < -0.3 is 14.7 Å². The van der Waals surface area contributed by atoms with Gasteiger partial charge in [0, 0.05) is 31.8 Å². The van der Waals surface area contributed by atoms with Crippen molar-refractivity contribution >= 4 is 11.6 Å². The summed E-state index contributed by atoms with van der Waals surface area (Å²) in [4.78, 5) is 17.5. The van der Waals surface area contributed by atoms with Gasteiger partial charge in [-0.25, -0.2) is 0 Å². The first-order valence-electron chi connectivity index (χ1n) is 10.7. The van der Waals surface area contributed by atoms with Crippen LogP contribution in [0.15, 0.2) is 18.2 Å². The second-order valence-electron chi connectivity index (χ2n) is 8.74. The highest BCUT2D eigenvalue weighted by atomic mass is 16.5. The largest absolute Gasteiger partial charge is 0.374 e. The Bertz CT molecular complexity index is 718. The highest BCUT2D eigenvalue weighted by molar-refractivity contribution is 6.07. The third kappa shape index (κ3) is 3.00. The summed E-state index contributed by atoms with van der Waals surface area (Å²) in [7, 11) is 0. The highest BCUT2D eigenvalue weighted by Gasteiger charge is 2.53. The molecule has 0 bridgehead atoms. The predicted octanol–water partition coefficient (Wildman–Crippen LogP) is 3.32. The van der Waals surface area contributed by atoms with E-state index >= 15 is 0 Å². The SMILES string of the molecule is O=C1N(CC2CC2)c2ccc(C(O)N3CCCCC3)cc2C12CCCCO2. The van der Waals surface area contributed by atoms with Gasteiger partial charge in [0.15, 0.2) is 5.60 Å². The van der Waals surface area contributed by atoms with Gasteiger partial charge in [0.25, 0.3) is 5.91 Å². The summed E-state index contributed by atoms with van der Waals surface area (Å²) < 4.78 is 6.19. The number of ether oxygens (including phenoxy) is 1. The molecule has 5 heteroatoms. The number of carbonyl (C=O) groups excluding carboxylic acids is 1. The molecule has 0 aromatic heterocycles. The van der Waals surface area contributed by atoms with E-state index in [4.69, 9.17) is 4.74 Å².